The van der Waals surface area contributed by atoms with Crippen LogP contribution in [0.4, 0.5) is 32.3 Å². The van der Waals surface area contributed by atoms with Crippen molar-refractivity contribution in [3.63, 3.8) is 0 Å². The van der Waals surface area contributed by atoms with E-state index < -0.39 is 29.9 Å². The number of fused-ring (bicyclic) bond motifs is 1. The molecule has 38 heavy (non-hydrogen) atoms. The van der Waals surface area contributed by atoms with Crippen molar-refractivity contribution in [2.45, 2.75) is 63.7 Å². The highest BCUT2D eigenvalue weighted by Crippen LogP contribution is 2.42. The van der Waals surface area contributed by atoms with Crippen LogP contribution in [0.3, 0.4) is 0 Å². The van der Waals surface area contributed by atoms with E-state index in [0.29, 0.717) is 19.1 Å². The van der Waals surface area contributed by atoms with Gasteiger partial charge >= 0.3 is 12.4 Å². The van der Waals surface area contributed by atoms with Gasteiger partial charge in [0, 0.05) is 35.7 Å². The van der Waals surface area contributed by atoms with Crippen molar-refractivity contribution < 1.29 is 31.1 Å². The molecule has 1 aliphatic heterocycles. The van der Waals surface area contributed by atoms with Gasteiger partial charge in [-0.15, -0.1) is 5.73 Å². The number of hydrogen-bond acceptors (Lipinski definition) is 6. The van der Waals surface area contributed by atoms with E-state index in [1.54, 1.807) is 6.20 Å². The summed E-state index contributed by atoms with van der Waals surface area (Å²) in [6.07, 6.45) is -4.54. The number of alkyl halides is 6. The molecule has 200 valence electrons. The molecule has 0 unspecified atom stereocenters. The van der Waals surface area contributed by atoms with Crippen LogP contribution in [0.25, 0.3) is 16.6 Å². The maximum Gasteiger partial charge on any atom is 0.420 e. The highest BCUT2D eigenvalue weighted by Gasteiger charge is 2.40. The predicted molar refractivity (Wildman–Crippen MR) is 124 cm³/mol. The van der Waals surface area contributed by atoms with E-state index in [0.717, 1.165) is 24.5 Å². The summed E-state index contributed by atoms with van der Waals surface area (Å²) in [7, 11) is 0. The monoisotopic (exact) mass is 536 g/mol. The van der Waals surface area contributed by atoms with Crippen LogP contribution >= 0.6 is 0 Å². The van der Waals surface area contributed by atoms with Crippen LogP contribution < -0.4 is 4.90 Å². The third-order valence-electron chi connectivity index (χ3n) is 6.91. The summed E-state index contributed by atoms with van der Waals surface area (Å²) in [6, 6.07) is 1.25. The molecule has 7 nitrogen and oxygen atoms in total. The summed E-state index contributed by atoms with van der Waals surface area (Å²) >= 11 is 0. The topological polar surface area (TPSA) is 69.0 Å². The predicted octanol–water partition coefficient (Wildman–Crippen LogP) is 5.72. The number of hydrogen-bond donors (Lipinski definition) is 0. The van der Waals surface area contributed by atoms with Crippen LogP contribution in [0.5, 0.6) is 0 Å². The van der Waals surface area contributed by atoms with Gasteiger partial charge in [-0.25, -0.2) is 9.97 Å². The normalized spacial score (nSPS) is 22.4. The van der Waals surface area contributed by atoms with Gasteiger partial charge in [-0.05, 0) is 32.8 Å². The van der Waals surface area contributed by atoms with Gasteiger partial charge in [-0.1, -0.05) is 0 Å². The fourth-order valence-corrected chi connectivity index (χ4v) is 4.80. The summed E-state index contributed by atoms with van der Waals surface area (Å²) in [6.45, 7) is 3.80. The maximum atomic E-state index is 13.6. The minimum Gasteiger partial charge on any atom is -0.367 e. The van der Waals surface area contributed by atoms with Gasteiger partial charge in [0.05, 0.1) is 47.4 Å². The van der Waals surface area contributed by atoms with Gasteiger partial charge in [-0.2, -0.15) is 36.4 Å². The van der Waals surface area contributed by atoms with E-state index >= 15 is 0 Å². The van der Waals surface area contributed by atoms with Gasteiger partial charge < -0.3 is 9.64 Å². The number of allylic oxidation sites excluding steroid dienone is 1. The number of pyridine rings is 1. The molecule has 1 saturated heterocycles. The molecule has 0 bridgehead atoms. The van der Waals surface area contributed by atoms with Crippen LogP contribution in [0.15, 0.2) is 29.8 Å². The number of ether oxygens (including phenoxy) is 1. The van der Waals surface area contributed by atoms with Crippen LogP contribution in [0, 0.1) is 6.92 Å². The summed E-state index contributed by atoms with van der Waals surface area (Å²) in [4.78, 5) is 14.8. The van der Waals surface area contributed by atoms with E-state index in [4.69, 9.17) is 4.74 Å². The molecule has 3 aromatic heterocycles. The Balaban J connectivity index is 1.43. The van der Waals surface area contributed by atoms with Gasteiger partial charge in [0.2, 0.25) is 5.95 Å². The minimum atomic E-state index is -4.69. The van der Waals surface area contributed by atoms with Crippen molar-refractivity contribution in [2.24, 2.45) is 0 Å². The first-order valence-electron chi connectivity index (χ1n) is 12.1. The first kappa shape index (κ1) is 24.9. The Kier molecular flexibility index (Phi) is 5.59. The van der Waals surface area contributed by atoms with E-state index in [9.17, 15) is 26.3 Å². The summed E-state index contributed by atoms with van der Waals surface area (Å²) < 4.78 is 88.2. The van der Waals surface area contributed by atoms with Crippen LogP contribution in [-0.4, -0.2) is 50.1 Å². The maximum absolute atomic E-state index is 13.6. The molecule has 0 N–H and O–H groups in total. The molecular formula is C25H22F6N6O. The fourth-order valence-electron chi connectivity index (χ4n) is 4.80. The van der Waals surface area contributed by atoms with Crippen molar-refractivity contribution in [1.82, 2.24) is 24.7 Å². The van der Waals surface area contributed by atoms with E-state index in [1.807, 2.05) is 22.7 Å². The summed E-state index contributed by atoms with van der Waals surface area (Å²) in [5.74, 6) is 0.156. The molecule has 0 aromatic carbocycles. The number of morpholine rings is 1. The second-order valence-corrected chi connectivity index (χ2v) is 9.94. The Morgan fingerprint density at radius 1 is 1.03 bits per heavy atom. The summed E-state index contributed by atoms with van der Waals surface area (Å²) in [5, 5.41) is 4.35. The third kappa shape index (κ3) is 4.54. The summed E-state index contributed by atoms with van der Waals surface area (Å²) in [5.41, 5.74) is 0.968. The Morgan fingerprint density at radius 2 is 1.76 bits per heavy atom. The highest BCUT2D eigenvalue weighted by atomic mass is 19.4. The van der Waals surface area contributed by atoms with E-state index in [1.165, 1.54) is 6.92 Å². The molecule has 6 rings (SSSR count). The lowest BCUT2D eigenvalue weighted by atomic mass is 9.92. The highest BCUT2D eigenvalue weighted by molar-refractivity contribution is 5.91. The Bertz CT molecular complexity index is 1500. The Morgan fingerprint density at radius 3 is 2.42 bits per heavy atom. The number of aryl methyl sites for hydroxylation is 1. The molecular weight excluding hydrogens is 514 g/mol. The van der Waals surface area contributed by atoms with Gasteiger partial charge in [0.1, 0.15) is 6.10 Å². The fraction of sp³-hybridized carbons (Fsp3) is 0.480. The lowest BCUT2D eigenvalue weighted by Crippen LogP contribution is -2.43. The van der Waals surface area contributed by atoms with Crippen molar-refractivity contribution in [1.29, 1.82) is 0 Å². The standard InChI is InChI=1S/C25H22F6N6O/c1-12-9-36(11-20(38-12)15-8-32-37(10-15)17-3-4-17)23-34-21(14-5-16(6-14)24(26,27)28)18-7-19(25(29,30)31)13(2)33-22(18)35-23/h7-8,10,12,17,20H,3-5,9,11H2,1-2H3/t12-,20-/m1/s1. The number of aromatic nitrogens is 5. The molecule has 0 radical (unpaired) electrons. The third-order valence-corrected chi connectivity index (χ3v) is 6.91. The smallest absolute Gasteiger partial charge is 0.367 e. The second kappa shape index (κ2) is 8.54. The van der Waals surface area contributed by atoms with Crippen molar-refractivity contribution in [2.75, 3.05) is 18.0 Å². The zero-order chi connectivity index (χ0) is 27.0. The molecule has 0 spiro atoms. The van der Waals surface area contributed by atoms with Gasteiger partial charge in [-0.3, -0.25) is 4.68 Å². The van der Waals surface area contributed by atoms with Gasteiger partial charge in [0.15, 0.2) is 5.65 Å². The molecule has 0 amide bonds. The average molecular weight is 536 g/mol. The van der Waals surface area contributed by atoms with E-state index in [2.05, 4.69) is 25.8 Å². The Labute approximate surface area is 212 Å². The van der Waals surface area contributed by atoms with Crippen LogP contribution in [0.2, 0.25) is 0 Å². The molecule has 1 saturated carbocycles. The lowest BCUT2D eigenvalue weighted by molar-refractivity contribution is -0.138. The Hall–Kier alpha value is -3.44. The molecule has 2 aliphatic carbocycles. The number of halogens is 6. The SMILES string of the molecule is Cc1nc2nc(N3C[C@@H](C)O[C@@H](c4cnn(C5CC5)c4)C3)nc(C3=C=C(C(F)(F)F)C3)c2cc1C(F)(F)F. The molecule has 3 aromatic rings. The molecule has 2 atom stereocenters. The number of rotatable bonds is 4. The van der Waals surface area contributed by atoms with E-state index in [-0.39, 0.29) is 46.2 Å². The molecule has 3 aliphatic rings. The first-order chi connectivity index (χ1) is 17.9. The largest absolute Gasteiger partial charge is 0.420 e. The lowest BCUT2D eigenvalue weighted by Gasteiger charge is -2.36. The molecule has 13 heteroatoms. The van der Waals surface area contributed by atoms with Crippen LogP contribution in [0.1, 0.15) is 60.8 Å². The van der Waals surface area contributed by atoms with Crippen molar-refractivity contribution in [3.05, 3.63) is 52.3 Å². The number of anilines is 1. The molecule has 2 fully saturated rings. The minimum absolute atomic E-state index is 0.0255. The van der Waals surface area contributed by atoms with Gasteiger partial charge in [0.25, 0.3) is 0 Å². The van der Waals surface area contributed by atoms with Crippen LogP contribution in [-0.2, 0) is 10.9 Å². The van der Waals surface area contributed by atoms with Crippen molar-refractivity contribution >= 4 is 22.6 Å². The second-order valence-electron chi connectivity index (χ2n) is 9.94. The zero-order valence-corrected chi connectivity index (χ0v) is 20.4. The van der Waals surface area contributed by atoms with Crippen molar-refractivity contribution in [3.8, 4) is 0 Å². The number of nitrogens with zero attached hydrogens (tertiary/aromatic N) is 6. The average Bonchev–Trinajstić information content (AvgIpc) is 3.51. The quantitative estimate of drug-likeness (QED) is 0.314. The molecule has 4 heterocycles. The zero-order valence-electron chi connectivity index (χ0n) is 20.4. The first-order valence-corrected chi connectivity index (χ1v) is 12.1.